The summed E-state index contributed by atoms with van der Waals surface area (Å²) < 4.78 is 0. The van der Waals surface area contributed by atoms with Crippen molar-refractivity contribution in [1.29, 1.82) is 0 Å². The molecule has 2 fully saturated rings. The van der Waals surface area contributed by atoms with Gasteiger partial charge in [0.25, 0.3) is 0 Å². The molecule has 0 amide bonds. The van der Waals surface area contributed by atoms with Gasteiger partial charge in [0.15, 0.2) is 0 Å². The third kappa shape index (κ3) is 1.26. The molecule has 62 valence electrons. The summed E-state index contributed by atoms with van der Waals surface area (Å²) >= 11 is 0. The predicted molar refractivity (Wildman–Crippen MR) is 43.9 cm³/mol. The van der Waals surface area contributed by atoms with E-state index in [-0.39, 0.29) is 0 Å². The fourth-order valence-electron chi connectivity index (χ4n) is 2.61. The molecular formula is C9H15NO. The van der Waals surface area contributed by atoms with Crippen molar-refractivity contribution in [3.8, 4) is 0 Å². The van der Waals surface area contributed by atoms with Crippen molar-refractivity contribution in [2.45, 2.75) is 38.5 Å². The first-order chi connectivity index (χ1) is 5.40. The van der Waals surface area contributed by atoms with Gasteiger partial charge in [-0.15, -0.1) is 0 Å². The van der Waals surface area contributed by atoms with Crippen molar-refractivity contribution in [1.82, 2.24) is 0 Å². The van der Waals surface area contributed by atoms with Crippen LogP contribution in [0.25, 0.3) is 0 Å². The molecule has 0 aromatic rings. The number of oxime groups is 1. The molecule has 0 heterocycles. The van der Waals surface area contributed by atoms with Crippen molar-refractivity contribution in [2.75, 3.05) is 0 Å². The minimum Gasteiger partial charge on any atom is -0.411 e. The van der Waals surface area contributed by atoms with Crippen molar-refractivity contribution >= 4 is 5.71 Å². The van der Waals surface area contributed by atoms with Crippen LogP contribution in [0.3, 0.4) is 0 Å². The molecule has 11 heavy (non-hydrogen) atoms. The van der Waals surface area contributed by atoms with E-state index in [2.05, 4.69) is 5.16 Å². The number of hydrogen-bond acceptors (Lipinski definition) is 2. The molecule has 0 aromatic heterocycles. The molecule has 0 aliphatic heterocycles. The zero-order chi connectivity index (χ0) is 7.68. The first-order valence-corrected chi connectivity index (χ1v) is 4.60. The Morgan fingerprint density at radius 3 is 2.82 bits per heavy atom. The van der Waals surface area contributed by atoms with E-state index in [1.807, 2.05) is 0 Å². The Hall–Kier alpha value is -0.530. The highest BCUT2D eigenvalue weighted by atomic mass is 16.4. The van der Waals surface area contributed by atoms with Crippen molar-refractivity contribution < 1.29 is 5.21 Å². The summed E-state index contributed by atoms with van der Waals surface area (Å²) in [6.45, 7) is 0. The Balaban J connectivity index is 2.02. The van der Waals surface area contributed by atoms with Crippen LogP contribution in [0.1, 0.15) is 38.5 Å². The number of rotatable bonds is 0. The number of fused-ring (bicyclic) bond motifs is 1. The minimum atomic E-state index is 0.856. The molecule has 0 spiro atoms. The predicted octanol–water partition coefficient (Wildman–Crippen LogP) is 2.42. The number of hydrogen-bond donors (Lipinski definition) is 1. The highest BCUT2D eigenvalue weighted by molar-refractivity contribution is 5.84. The fourth-order valence-corrected chi connectivity index (χ4v) is 2.61. The van der Waals surface area contributed by atoms with E-state index in [1.54, 1.807) is 0 Å². The maximum absolute atomic E-state index is 8.60. The zero-order valence-electron chi connectivity index (χ0n) is 6.79. The molecule has 2 aliphatic carbocycles. The largest absolute Gasteiger partial charge is 0.411 e. The van der Waals surface area contributed by atoms with Crippen LogP contribution in [0.5, 0.6) is 0 Å². The summed E-state index contributed by atoms with van der Waals surface area (Å²) in [5, 5.41) is 11.9. The summed E-state index contributed by atoms with van der Waals surface area (Å²) in [7, 11) is 0. The lowest BCUT2D eigenvalue weighted by Gasteiger charge is -2.25. The van der Waals surface area contributed by atoms with Gasteiger partial charge in [-0.1, -0.05) is 18.0 Å². The van der Waals surface area contributed by atoms with E-state index < -0.39 is 0 Å². The topological polar surface area (TPSA) is 32.6 Å². The molecule has 0 aromatic carbocycles. The zero-order valence-corrected chi connectivity index (χ0v) is 6.79. The van der Waals surface area contributed by atoms with Gasteiger partial charge in [0.1, 0.15) is 0 Å². The van der Waals surface area contributed by atoms with Crippen LogP contribution in [0.15, 0.2) is 5.16 Å². The van der Waals surface area contributed by atoms with Gasteiger partial charge in [0.2, 0.25) is 0 Å². The van der Waals surface area contributed by atoms with Crippen LogP contribution < -0.4 is 0 Å². The first-order valence-electron chi connectivity index (χ1n) is 4.60. The Labute approximate surface area is 67.3 Å². The maximum atomic E-state index is 8.60. The second-order valence-electron chi connectivity index (χ2n) is 3.86. The van der Waals surface area contributed by atoms with Crippen LogP contribution in [0.2, 0.25) is 0 Å². The Bertz CT molecular complexity index is 176. The molecule has 2 rings (SSSR count). The van der Waals surface area contributed by atoms with Crippen molar-refractivity contribution in [3.05, 3.63) is 0 Å². The van der Waals surface area contributed by atoms with Gasteiger partial charge in [-0.05, 0) is 37.5 Å². The normalized spacial score (nSPS) is 40.9. The van der Waals surface area contributed by atoms with Gasteiger partial charge in [-0.3, -0.25) is 0 Å². The molecule has 2 atom stereocenters. The van der Waals surface area contributed by atoms with Gasteiger partial charge in [0, 0.05) is 0 Å². The highest BCUT2D eigenvalue weighted by Gasteiger charge is 2.31. The molecule has 2 aliphatic rings. The standard InChI is InChI=1S/C9H15NO/c11-10-9-5-4-7-2-1-3-8(7)6-9/h7-8,11H,1-6H2. The number of nitrogens with zero attached hydrogens (tertiary/aromatic N) is 1. The average molecular weight is 153 g/mol. The van der Waals surface area contributed by atoms with Crippen LogP contribution >= 0.6 is 0 Å². The Morgan fingerprint density at radius 2 is 2.00 bits per heavy atom. The van der Waals surface area contributed by atoms with Gasteiger partial charge in [-0.25, -0.2) is 0 Å². The van der Waals surface area contributed by atoms with Crippen LogP contribution in [-0.4, -0.2) is 10.9 Å². The second-order valence-corrected chi connectivity index (χ2v) is 3.86. The molecule has 0 bridgehead atoms. The van der Waals surface area contributed by atoms with Crippen LogP contribution in [0, 0.1) is 11.8 Å². The van der Waals surface area contributed by atoms with Crippen LogP contribution in [0.4, 0.5) is 0 Å². The van der Waals surface area contributed by atoms with Gasteiger partial charge < -0.3 is 5.21 Å². The lowest BCUT2D eigenvalue weighted by atomic mass is 9.81. The third-order valence-corrected chi connectivity index (χ3v) is 3.26. The summed E-state index contributed by atoms with van der Waals surface area (Å²) in [6.07, 6.45) is 7.56. The summed E-state index contributed by atoms with van der Waals surface area (Å²) in [4.78, 5) is 0. The lowest BCUT2D eigenvalue weighted by molar-refractivity contribution is 0.298. The smallest absolute Gasteiger partial charge is 0.0573 e. The van der Waals surface area contributed by atoms with Gasteiger partial charge in [-0.2, -0.15) is 0 Å². The second kappa shape index (κ2) is 2.84. The minimum absolute atomic E-state index is 0.856. The lowest BCUT2D eigenvalue weighted by Crippen LogP contribution is -2.20. The average Bonchev–Trinajstić information content (AvgIpc) is 2.50. The maximum Gasteiger partial charge on any atom is 0.0573 e. The molecule has 0 radical (unpaired) electrons. The molecule has 1 N–H and O–H groups in total. The van der Waals surface area contributed by atoms with Crippen LogP contribution in [-0.2, 0) is 0 Å². The van der Waals surface area contributed by atoms with E-state index in [4.69, 9.17) is 5.21 Å². The first kappa shape index (κ1) is 7.14. The van der Waals surface area contributed by atoms with E-state index in [1.165, 1.54) is 25.7 Å². The van der Waals surface area contributed by atoms with E-state index in [0.717, 1.165) is 30.4 Å². The molecule has 0 saturated heterocycles. The van der Waals surface area contributed by atoms with Crippen molar-refractivity contribution in [3.63, 3.8) is 0 Å². The third-order valence-electron chi connectivity index (χ3n) is 3.26. The van der Waals surface area contributed by atoms with Gasteiger partial charge >= 0.3 is 0 Å². The molecule has 2 heteroatoms. The highest BCUT2D eigenvalue weighted by Crippen LogP contribution is 2.40. The van der Waals surface area contributed by atoms with E-state index in [9.17, 15) is 0 Å². The van der Waals surface area contributed by atoms with E-state index >= 15 is 0 Å². The molecular weight excluding hydrogens is 138 g/mol. The van der Waals surface area contributed by atoms with E-state index in [0.29, 0.717) is 0 Å². The molecule has 2 saturated carbocycles. The summed E-state index contributed by atoms with van der Waals surface area (Å²) in [5.41, 5.74) is 1.04. The Morgan fingerprint density at radius 1 is 1.18 bits per heavy atom. The monoisotopic (exact) mass is 153 g/mol. The van der Waals surface area contributed by atoms with Crippen molar-refractivity contribution in [2.24, 2.45) is 17.0 Å². The fraction of sp³-hybridized carbons (Fsp3) is 0.889. The van der Waals surface area contributed by atoms with Gasteiger partial charge in [0.05, 0.1) is 5.71 Å². The molecule has 2 nitrogen and oxygen atoms in total. The Kier molecular flexibility index (Phi) is 1.84. The summed E-state index contributed by atoms with van der Waals surface area (Å²) in [5.74, 6) is 1.81. The summed E-state index contributed by atoms with van der Waals surface area (Å²) in [6, 6.07) is 0. The SMILES string of the molecule is ON=C1CCC2CCCC2C1. The quantitative estimate of drug-likeness (QED) is 0.420. The molecule has 2 unspecified atom stereocenters.